The van der Waals surface area contributed by atoms with Gasteiger partial charge in [0.05, 0.1) is 11.8 Å². The second-order valence-corrected chi connectivity index (χ2v) is 15.3. The number of rotatable bonds is 16. The summed E-state index contributed by atoms with van der Waals surface area (Å²) < 4.78 is 27.3. The highest BCUT2D eigenvalue weighted by atomic mass is 19.2. The van der Waals surface area contributed by atoms with Gasteiger partial charge in [0.1, 0.15) is 23.4 Å². The van der Waals surface area contributed by atoms with Crippen molar-refractivity contribution in [2.45, 2.75) is 39.5 Å². The van der Waals surface area contributed by atoms with Crippen molar-refractivity contribution in [2.24, 2.45) is 23.7 Å². The van der Waals surface area contributed by atoms with Gasteiger partial charge in [0.25, 0.3) is 0 Å². The fraction of sp³-hybridized carbons (Fsp3) is 0.192. The molecule has 0 aliphatic rings. The first-order chi connectivity index (χ1) is 29.8. The summed E-state index contributed by atoms with van der Waals surface area (Å²) in [5.41, 5.74) is 2.50. The summed E-state index contributed by atoms with van der Waals surface area (Å²) in [5.74, 6) is -10.5. The van der Waals surface area contributed by atoms with E-state index in [9.17, 15) is 37.5 Å². The van der Waals surface area contributed by atoms with E-state index in [2.05, 4.69) is 10.6 Å². The molecule has 10 heteroatoms. The van der Waals surface area contributed by atoms with Crippen LogP contribution in [0.1, 0.15) is 71.4 Å². The normalized spacial score (nSPS) is 12.8. The Morgan fingerprint density at radius 1 is 0.403 bits per heavy atom. The summed E-state index contributed by atoms with van der Waals surface area (Å²) in [6.45, 7) is 6.80. The first kappa shape index (κ1) is 45.9. The number of hydrogen-bond acceptors (Lipinski definition) is 6. The Kier molecular flexibility index (Phi) is 16.2. The topological polar surface area (TPSA) is 126 Å². The van der Waals surface area contributed by atoms with Crippen molar-refractivity contribution in [3.05, 3.63) is 204 Å². The lowest BCUT2D eigenvalue weighted by Crippen LogP contribution is -2.40. The number of amides is 2. The second-order valence-electron chi connectivity index (χ2n) is 15.3. The molecule has 316 valence electrons. The maximum atomic E-state index is 13.9. The molecular weight excluding hydrogens is 787 g/mol. The van der Waals surface area contributed by atoms with Crippen molar-refractivity contribution < 1.29 is 37.5 Å². The highest BCUT2D eigenvalue weighted by Crippen LogP contribution is 2.34. The van der Waals surface area contributed by atoms with Crippen molar-refractivity contribution in [1.29, 1.82) is 0 Å². The SMILES string of the molecule is CC(C)C(=O)C(C(=O)Nc1ccccc1)C(C(=O)c1ccc(F)c(F)c1)c1ccccc1.CC(C)C(=O)C(C(=O)Nc1ccccc1)C(C(=O)c1ccccc1)c1ccccc1. The van der Waals surface area contributed by atoms with Crippen LogP contribution in [0.3, 0.4) is 0 Å². The molecule has 62 heavy (non-hydrogen) atoms. The van der Waals surface area contributed by atoms with Crippen molar-refractivity contribution >= 4 is 46.3 Å². The Hall–Kier alpha value is -7.20. The Morgan fingerprint density at radius 3 is 1.10 bits per heavy atom. The molecule has 8 nitrogen and oxygen atoms in total. The van der Waals surface area contributed by atoms with E-state index in [1.54, 1.807) is 149 Å². The van der Waals surface area contributed by atoms with Crippen molar-refractivity contribution in [1.82, 2.24) is 0 Å². The molecule has 0 aliphatic carbocycles. The summed E-state index contributed by atoms with van der Waals surface area (Å²) in [4.78, 5) is 80.1. The van der Waals surface area contributed by atoms with Gasteiger partial charge in [-0.25, -0.2) is 8.78 Å². The minimum atomic E-state index is -1.36. The smallest absolute Gasteiger partial charge is 0.236 e. The van der Waals surface area contributed by atoms with Crippen molar-refractivity contribution in [3.63, 3.8) is 0 Å². The van der Waals surface area contributed by atoms with E-state index >= 15 is 0 Å². The average Bonchev–Trinajstić information content (AvgIpc) is 3.29. The maximum Gasteiger partial charge on any atom is 0.236 e. The van der Waals surface area contributed by atoms with Gasteiger partial charge in [0, 0.05) is 34.3 Å². The molecule has 6 aromatic carbocycles. The van der Waals surface area contributed by atoms with Gasteiger partial charge in [0.15, 0.2) is 23.2 Å². The van der Waals surface area contributed by atoms with Crippen molar-refractivity contribution in [2.75, 3.05) is 10.6 Å². The minimum absolute atomic E-state index is 0.119. The fourth-order valence-corrected chi connectivity index (χ4v) is 7.01. The zero-order chi connectivity index (χ0) is 44.8. The average molecular weight is 835 g/mol. The van der Waals surface area contributed by atoms with Gasteiger partial charge in [-0.3, -0.25) is 28.8 Å². The Balaban J connectivity index is 0.000000235. The molecule has 0 saturated carbocycles. The van der Waals surface area contributed by atoms with Gasteiger partial charge in [-0.2, -0.15) is 0 Å². The fourth-order valence-electron chi connectivity index (χ4n) is 7.01. The zero-order valence-corrected chi connectivity index (χ0v) is 34.8. The molecule has 0 bridgehead atoms. The van der Waals surface area contributed by atoms with Crippen LogP contribution in [0.4, 0.5) is 20.2 Å². The number of carbonyl (C=O) groups excluding carboxylic acids is 6. The predicted octanol–water partition coefficient (Wildman–Crippen LogP) is 10.5. The van der Waals surface area contributed by atoms with E-state index in [4.69, 9.17) is 0 Å². The lowest BCUT2D eigenvalue weighted by atomic mass is 9.75. The number of nitrogens with one attached hydrogen (secondary N) is 2. The largest absolute Gasteiger partial charge is 0.325 e. The molecule has 0 heterocycles. The predicted molar refractivity (Wildman–Crippen MR) is 237 cm³/mol. The number of halogens is 2. The zero-order valence-electron chi connectivity index (χ0n) is 34.8. The highest BCUT2D eigenvalue weighted by molar-refractivity contribution is 6.16. The molecule has 2 amide bonds. The quantitative estimate of drug-likeness (QED) is 0.0739. The van der Waals surface area contributed by atoms with E-state index in [0.29, 0.717) is 28.1 Å². The molecule has 6 aromatic rings. The standard InChI is InChI=1S/C26H23F2NO3.C26H25NO3/c1-16(2)24(30)23(26(32)29-19-11-7-4-8-12-19)22(17-9-5-3-6-10-17)25(31)18-13-14-20(27)21(28)15-18;1-18(2)24(28)23(26(30)27-21-16-10-5-11-17-21)22(19-12-6-3-7-13-19)25(29)20-14-8-4-9-15-20/h3-16,22-23H,1-2H3,(H,29,32);3-18,22-23H,1-2H3,(H,27,30). The van der Waals surface area contributed by atoms with E-state index in [1.807, 2.05) is 30.3 Å². The number of carbonyl (C=O) groups is 6. The molecular formula is C52H48F2N2O6. The minimum Gasteiger partial charge on any atom is -0.325 e. The number of Topliss-reactive ketones (excluding diaryl/α,β-unsaturated/α-hetero) is 4. The van der Waals surface area contributed by atoms with Gasteiger partial charge in [0.2, 0.25) is 11.8 Å². The Labute approximate surface area is 360 Å². The third-order valence-corrected chi connectivity index (χ3v) is 10.2. The summed E-state index contributed by atoms with van der Waals surface area (Å²) in [6, 6.07) is 46.6. The van der Waals surface area contributed by atoms with E-state index in [-0.39, 0.29) is 17.1 Å². The molecule has 4 unspecified atom stereocenters. The lowest BCUT2D eigenvalue weighted by molar-refractivity contribution is -0.135. The molecule has 0 saturated heterocycles. The van der Waals surface area contributed by atoms with E-state index < -0.39 is 70.5 Å². The van der Waals surface area contributed by atoms with Gasteiger partial charge in [-0.1, -0.05) is 155 Å². The van der Waals surface area contributed by atoms with E-state index in [1.165, 1.54) is 0 Å². The number of hydrogen-bond donors (Lipinski definition) is 2. The summed E-state index contributed by atoms with van der Waals surface area (Å²) >= 11 is 0. The van der Waals surface area contributed by atoms with Crippen LogP contribution in [0.15, 0.2) is 170 Å². The van der Waals surface area contributed by atoms with Gasteiger partial charge >= 0.3 is 0 Å². The summed E-state index contributed by atoms with van der Waals surface area (Å²) in [6.07, 6.45) is 0. The van der Waals surface area contributed by atoms with Crippen LogP contribution in [0, 0.1) is 35.3 Å². The highest BCUT2D eigenvalue weighted by Gasteiger charge is 2.42. The van der Waals surface area contributed by atoms with Crippen LogP contribution >= 0.6 is 0 Å². The van der Waals surface area contributed by atoms with Crippen LogP contribution in [0.2, 0.25) is 0 Å². The van der Waals surface area contributed by atoms with Crippen LogP contribution in [-0.2, 0) is 19.2 Å². The molecule has 0 aliphatic heterocycles. The molecule has 6 rings (SSSR count). The first-order valence-electron chi connectivity index (χ1n) is 20.3. The molecule has 0 radical (unpaired) electrons. The van der Waals surface area contributed by atoms with Crippen molar-refractivity contribution in [3.8, 4) is 0 Å². The van der Waals surface area contributed by atoms with Crippen LogP contribution < -0.4 is 10.6 Å². The van der Waals surface area contributed by atoms with Crippen LogP contribution in [0.5, 0.6) is 0 Å². The summed E-state index contributed by atoms with van der Waals surface area (Å²) in [7, 11) is 0. The number of benzene rings is 6. The molecule has 0 aromatic heterocycles. The molecule has 4 atom stereocenters. The lowest BCUT2D eigenvalue weighted by Gasteiger charge is -2.26. The van der Waals surface area contributed by atoms with Crippen LogP contribution in [-0.4, -0.2) is 34.9 Å². The molecule has 2 N–H and O–H groups in total. The van der Waals surface area contributed by atoms with Crippen LogP contribution in [0.25, 0.3) is 0 Å². The third-order valence-electron chi connectivity index (χ3n) is 10.2. The van der Waals surface area contributed by atoms with E-state index in [0.717, 1.165) is 18.2 Å². The monoisotopic (exact) mass is 834 g/mol. The third kappa shape index (κ3) is 11.8. The van der Waals surface area contributed by atoms with Gasteiger partial charge in [-0.15, -0.1) is 0 Å². The van der Waals surface area contributed by atoms with Gasteiger partial charge < -0.3 is 10.6 Å². The maximum absolute atomic E-state index is 13.9. The Bertz CT molecular complexity index is 2460. The number of ketones is 4. The number of anilines is 2. The first-order valence-corrected chi connectivity index (χ1v) is 20.3. The molecule has 0 spiro atoms. The molecule has 0 fully saturated rings. The number of para-hydroxylation sites is 2. The van der Waals surface area contributed by atoms with Gasteiger partial charge in [-0.05, 0) is 53.6 Å². The Morgan fingerprint density at radius 2 is 0.742 bits per heavy atom. The summed E-state index contributed by atoms with van der Waals surface area (Å²) in [5, 5.41) is 5.53. The second kappa shape index (κ2) is 21.9.